The number of hydrogen-bond acceptors (Lipinski definition) is 0. The molecule has 76 valence electrons. The Kier molecular flexibility index (Phi) is 3.08. The van der Waals surface area contributed by atoms with Gasteiger partial charge in [0.25, 0.3) is 0 Å². The predicted octanol–water partition coefficient (Wildman–Crippen LogP) is 4.48. The van der Waals surface area contributed by atoms with Crippen LogP contribution in [0.1, 0.15) is 12.5 Å². The lowest BCUT2D eigenvalue weighted by atomic mass is 10.0. The molecule has 2 aromatic carbocycles. The van der Waals surface area contributed by atoms with Crippen molar-refractivity contribution in [2.75, 3.05) is 5.88 Å². The Morgan fingerprint density at radius 1 is 1.13 bits per heavy atom. The largest absolute Gasteiger partial charge is 0.122 e. The Balaban J connectivity index is 2.51. The molecular formula is C14H13Cl. The van der Waals surface area contributed by atoms with Gasteiger partial charge < -0.3 is 0 Å². The third kappa shape index (κ3) is 2.21. The molecule has 0 saturated carbocycles. The van der Waals surface area contributed by atoms with E-state index in [4.69, 9.17) is 11.6 Å². The summed E-state index contributed by atoms with van der Waals surface area (Å²) >= 11 is 5.69. The molecular weight excluding hydrogens is 204 g/mol. The van der Waals surface area contributed by atoms with Crippen molar-refractivity contribution in [3.05, 3.63) is 54.1 Å². The fourth-order valence-corrected chi connectivity index (χ4v) is 1.90. The molecule has 0 saturated heterocycles. The van der Waals surface area contributed by atoms with Gasteiger partial charge >= 0.3 is 0 Å². The van der Waals surface area contributed by atoms with E-state index in [1.54, 1.807) is 0 Å². The first-order valence-electron chi connectivity index (χ1n) is 5.03. The van der Waals surface area contributed by atoms with Crippen LogP contribution >= 0.6 is 11.6 Å². The Morgan fingerprint density at radius 2 is 1.87 bits per heavy atom. The number of allylic oxidation sites excluding steroid dienone is 2. The number of alkyl halides is 1. The van der Waals surface area contributed by atoms with Crippen molar-refractivity contribution in [1.29, 1.82) is 0 Å². The van der Waals surface area contributed by atoms with E-state index in [2.05, 4.69) is 49.4 Å². The number of hydrogen-bond donors (Lipinski definition) is 0. The van der Waals surface area contributed by atoms with Crippen LogP contribution in [0.3, 0.4) is 0 Å². The summed E-state index contributed by atoms with van der Waals surface area (Å²) < 4.78 is 0. The maximum atomic E-state index is 5.69. The quantitative estimate of drug-likeness (QED) is 0.650. The Labute approximate surface area is 95.2 Å². The molecule has 0 heterocycles. The van der Waals surface area contributed by atoms with Crippen molar-refractivity contribution in [2.24, 2.45) is 0 Å². The van der Waals surface area contributed by atoms with Crippen molar-refractivity contribution < 1.29 is 0 Å². The van der Waals surface area contributed by atoms with Crippen LogP contribution in [0.4, 0.5) is 0 Å². The monoisotopic (exact) mass is 216 g/mol. The van der Waals surface area contributed by atoms with Gasteiger partial charge in [0, 0.05) is 5.88 Å². The van der Waals surface area contributed by atoms with E-state index in [1.807, 2.05) is 6.08 Å². The van der Waals surface area contributed by atoms with Gasteiger partial charge in [0.05, 0.1) is 0 Å². The molecule has 0 fully saturated rings. The zero-order chi connectivity index (χ0) is 10.7. The SMILES string of the molecule is C/C(=C/CCl)c1ccc2ccccc2c1. The summed E-state index contributed by atoms with van der Waals surface area (Å²) in [5.41, 5.74) is 2.48. The fourth-order valence-electron chi connectivity index (χ4n) is 1.67. The molecule has 0 aromatic heterocycles. The van der Waals surface area contributed by atoms with Gasteiger partial charge in [0.2, 0.25) is 0 Å². The second-order valence-corrected chi connectivity index (χ2v) is 3.91. The molecule has 0 N–H and O–H groups in total. The normalized spacial score (nSPS) is 12.0. The van der Waals surface area contributed by atoms with Gasteiger partial charge in [-0.2, -0.15) is 0 Å². The first kappa shape index (κ1) is 10.3. The van der Waals surface area contributed by atoms with E-state index in [-0.39, 0.29) is 0 Å². The molecule has 0 aliphatic rings. The highest BCUT2D eigenvalue weighted by Gasteiger charge is 1.97. The van der Waals surface area contributed by atoms with Crippen molar-refractivity contribution in [3.63, 3.8) is 0 Å². The maximum Gasteiger partial charge on any atom is 0.0409 e. The standard InChI is InChI=1S/C14H13Cl/c1-11(8-9-15)13-7-6-12-4-2-3-5-14(12)10-13/h2-8,10H,9H2,1H3/b11-8-. The molecule has 0 bridgehead atoms. The van der Waals surface area contributed by atoms with Gasteiger partial charge in [0.15, 0.2) is 0 Å². The van der Waals surface area contributed by atoms with Crippen LogP contribution in [0, 0.1) is 0 Å². The lowest BCUT2D eigenvalue weighted by molar-refractivity contribution is 1.57. The summed E-state index contributed by atoms with van der Waals surface area (Å²) in [5, 5.41) is 2.55. The number of rotatable bonds is 2. The number of fused-ring (bicyclic) bond motifs is 1. The van der Waals surface area contributed by atoms with Gasteiger partial charge in [-0.25, -0.2) is 0 Å². The van der Waals surface area contributed by atoms with Crippen LogP contribution in [-0.4, -0.2) is 5.88 Å². The number of halogens is 1. The number of benzene rings is 2. The zero-order valence-corrected chi connectivity index (χ0v) is 9.46. The van der Waals surface area contributed by atoms with Crippen LogP contribution in [-0.2, 0) is 0 Å². The molecule has 2 aromatic rings. The van der Waals surface area contributed by atoms with Gasteiger partial charge in [0.1, 0.15) is 0 Å². The summed E-state index contributed by atoms with van der Waals surface area (Å²) in [6, 6.07) is 14.9. The van der Waals surface area contributed by atoms with Crippen molar-refractivity contribution in [2.45, 2.75) is 6.92 Å². The molecule has 0 radical (unpaired) electrons. The van der Waals surface area contributed by atoms with Gasteiger partial charge in [-0.05, 0) is 34.9 Å². The summed E-state index contributed by atoms with van der Waals surface area (Å²) in [6.07, 6.45) is 2.03. The molecule has 15 heavy (non-hydrogen) atoms. The maximum absolute atomic E-state index is 5.69. The Hall–Kier alpha value is -1.27. The van der Waals surface area contributed by atoms with Crippen molar-refractivity contribution in [3.8, 4) is 0 Å². The highest BCUT2D eigenvalue weighted by molar-refractivity contribution is 6.19. The third-order valence-corrected chi connectivity index (χ3v) is 2.74. The summed E-state index contributed by atoms with van der Waals surface area (Å²) in [4.78, 5) is 0. The van der Waals surface area contributed by atoms with Crippen LogP contribution < -0.4 is 0 Å². The van der Waals surface area contributed by atoms with E-state index in [9.17, 15) is 0 Å². The van der Waals surface area contributed by atoms with E-state index in [0.717, 1.165) is 0 Å². The molecule has 2 rings (SSSR count). The van der Waals surface area contributed by atoms with Crippen LogP contribution in [0.2, 0.25) is 0 Å². The van der Waals surface area contributed by atoms with E-state index < -0.39 is 0 Å². The molecule has 0 aliphatic heterocycles. The third-order valence-electron chi connectivity index (χ3n) is 2.59. The average Bonchev–Trinajstić information content (AvgIpc) is 2.29. The first-order chi connectivity index (χ1) is 7.31. The predicted molar refractivity (Wildman–Crippen MR) is 68.3 cm³/mol. The highest BCUT2D eigenvalue weighted by Crippen LogP contribution is 2.20. The highest BCUT2D eigenvalue weighted by atomic mass is 35.5. The fraction of sp³-hybridized carbons (Fsp3) is 0.143. The molecule has 0 spiro atoms. The Morgan fingerprint density at radius 3 is 2.60 bits per heavy atom. The van der Waals surface area contributed by atoms with E-state index in [0.29, 0.717) is 5.88 Å². The smallest absolute Gasteiger partial charge is 0.0409 e. The summed E-state index contributed by atoms with van der Waals surface area (Å²) in [6.45, 7) is 2.09. The van der Waals surface area contributed by atoms with Crippen LogP contribution in [0.25, 0.3) is 16.3 Å². The lowest BCUT2D eigenvalue weighted by Gasteiger charge is -2.03. The minimum absolute atomic E-state index is 0.568. The second-order valence-electron chi connectivity index (χ2n) is 3.60. The zero-order valence-electron chi connectivity index (χ0n) is 8.70. The molecule has 0 unspecified atom stereocenters. The Bertz CT molecular complexity index is 497. The van der Waals surface area contributed by atoms with Gasteiger partial charge in [-0.1, -0.05) is 42.5 Å². The second kappa shape index (κ2) is 4.50. The minimum atomic E-state index is 0.568. The minimum Gasteiger partial charge on any atom is -0.122 e. The topological polar surface area (TPSA) is 0 Å². The van der Waals surface area contributed by atoms with Crippen LogP contribution in [0.15, 0.2) is 48.5 Å². The molecule has 0 aliphatic carbocycles. The van der Waals surface area contributed by atoms with Crippen LogP contribution in [0.5, 0.6) is 0 Å². The van der Waals surface area contributed by atoms with E-state index in [1.165, 1.54) is 21.9 Å². The molecule has 0 atom stereocenters. The molecule has 1 heteroatoms. The summed E-state index contributed by atoms with van der Waals surface area (Å²) in [5.74, 6) is 0.568. The summed E-state index contributed by atoms with van der Waals surface area (Å²) in [7, 11) is 0. The lowest BCUT2D eigenvalue weighted by Crippen LogP contribution is -1.81. The van der Waals surface area contributed by atoms with Gasteiger partial charge in [-0.3, -0.25) is 0 Å². The van der Waals surface area contributed by atoms with E-state index >= 15 is 0 Å². The van der Waals surface area contributed by atoms with Crippen molar-refractivity contribution in [1.82, 2.24) is 0 Å². The van der Waals surface area contributed by atoms with Gasteiger partial charge in [-0.15, -0.1) is 11.6 Å². The first-order valence-corrected chi connectivity index (χ1v) is 5.56. The molecule has 0 amide bonds. The average molecular weight is 217 g/mol. The molecule has 0 nitrogen and oxygen atoms in total. The van der Waals surface area contributed by atoms with Crippen molar-refractivity contribution >= 4 is 27.9 Å².